The Labute approximate surface area is 106 Å². The van der Waals surface area contributed by atoms with Gasteiger partial charge in [0.05, 0.1) is 0 Å². The third-order valence-corrected chi connectivity index (χ3v) is 4.04. The molecule has 0 atom stereocenters. The standard InChI is InChI=1S/C14H17ClFN/c15-12-6-5-11(13(16)7-12)8-17-14(9-1-2-9)10-3-4-10/h5-7,9-10,14,17H,1-4,8H2. The Bertz CT molecular complexity index is 401. The van der Waals surface area contributed by atoms with Gasteiger partial charge in [0.15, 0.2) is 0 Å². The molecule has 17 heavy (non-hydrogen) atoms. The van der Waals surface area contributed by atoms with Crippen molar-refractivity contribution in [1.82, 2.24) is 5.32 Å². The quantitative estimate of drug-likeness (QED) is 0.843. The molecule has 0 aliphatic heterocycles. The number of nitrogens with one attached hydrogen (secondary N) is 1. The fraction of sp³-hybridized carbons (Fsp3) is 0.571. The van der Waals surface area contributed by atoms with E-state index in [1.807, 2.05) is 0 Å². The minimum absolute atomic E-state index is 0.199. The molecule has 1 N–H and O–H groups in total. The second kappa shape index (κ2) is 4.58. The molecule has 2 fully saturated rings. The molecule has 0 unspecified atom stereocenters. The third-order valence-electron chi connectivity index (χ3n) is 3.80. The number of rotatable bonds is 5. The summed E-state index contributed by atoms with van der Waals surface area (Å²) < 4.78 is 13.6. The molecule has 0 heterocycles. The van der Waals surface area contributed by atoms with E-state index in [0.717, 1.165) is 17.4 Å². The lowest BCUT2D eigenvalue weighted by Crippen LogP contribution is -2.32. The number of hydrogen-bond acceptors (Lipinski definition) is 1. The maximum Gasteiger partial charge on any atom is 0.129 e. The summed E-state index contributed by atoms with van der Waals surface area (Å²) in [5.74, 6) is 1.49. The third kappa shape index (κ3) is 2.80. The maximum atomic E-state index is 13.6. The van der Waals surface area contributed by atoms with Crippen molar-refractivity contribution >= 4 is 11.6 Å². The molecule has 0 aromatic heterocycles. The molecule has 0 radical (unpaired) electrons. The van der Waals surface area contributed by atoms with Crippen LogP contribution in [0.1, 0.15) is 31.2 Å². The van der Waals surface area contributed by atoms with Gasteiger partial charge in [-0.2, -0.15) is 0 Å². The average Bonchev–Trinajstić information content (AvgIpc) is 3.15. The van der Waals surface area contributed by atoms with E-state index in [9.17, 15) is 4.39 Å². The van der Waals surface area contributed by atoms with Crippen LogP contribution in [-0.4, -0.2) is 6.04 Å². The number of benzene rings is 1. The van der Waals surface area contributed by atoms with Crippen LogP contribution in [0.4, 0.5) is 4.39 Å². The first-order valence-electron chi connectivity index (χ1n) is 6.41. The summed E-state index contributed by atoms with van der Waals surface area (Å²) in [6, 6.07) is 5.54. The lowest BCUT2D eigenvalue weighted by Gasteiger charge is -2.17. The van der Waals surface area contributed by atoms with Crippen molar-refractivity contribution in [2.24, 2.45) is 11.8 Å². The molecule has 3 rings (SSSR count). The van der Waals surface area contributed by atoms with Crippen LogP contribution in [0.2, 0.25) is 5.02 Å². The second-order valence-electron chi connectivity index (χ2n) is 5.32. The molecule has 0 spiro atoms. The maximum absolute atomic E-state index is 13.6. The molecule has 92 valence electrons. The molecule has 2 saturated carbocycles. The normalized spacial score (nSPS) is 19.9. The van der Waals surface area contributed by atoms with Gasteiger partial charge in [0.2, 0.25) is 0 Å². The molecule has 0 bridgehead atoms. The molecular weight excluding hydrogens is 237 g/mol. The van der Waals surface area contributed by atoms with Gasteiger partial charge in [0.1, 0.15) is 5.82 Å². The zero-order valence-electron chi connectivity index (χ0n) is 9.76. The molecule has 1 aromatic carbocycles. The van der Waals surface area contributed by atoms with Crippen LogP contribution in [0.25, 0.3) is 0 Å². The fourth-order valence-electron chi connectivity index (χ4n) is 2.52. The molecular formula is C14H17ClFN. The molecule has 0 saturated heterocycles. The Morgan fingerprint density at radius 3 is 2.41 bits per heavy atom. The zero-order valence-corrected chi connectivity index (χ0v) is 10.5. The lowest BCUT2D eigenvalue weighted by molar-refractivity contribution is 0.411. The van der Waals surface area contributed by atoms with Crippen LogP contribution >= 0.6 is 11.6 Å². The van der Waals surface area contributed by atoms with Gasteiger partial charge in [-0.25, -0.2) is 4.39 Å². The fourth-order valence-corrected chi connectivity index (χ4v) is 2.68. The van der Waals surface area contributed by atoms with E-state index in [1.54, 1.807) is 12.1 Å². The van der Waals surface area contributed by atoms with Crippen LogP contribution in [-0.2, 0) is 6.54 Å². The Hall–Kier alpha value is -0.600. The van der Waals surface area contributed by atoms with Gasteiger partial charge in [-0.1, -0.05) is 17.7 Å². The Morgan fingerprint density at radius 2 is 1.88 bits per heavy atom. The summed E-state index contributed by atoms with van der Waals surface area (Å²) >= 11 is 5.74. The number of halogens is 2. The topological polar surface area (TPSA) is 12.0 Å². The van der Waals surface area contributed by atoms with Crippen molar-refractivity contribution in [1.29, 1.82) is 0 Å². The van der Waals surface area contributed by atoms with E-state index in [1.165, 1.54) is 31.7 Å². The van der Waals surface area contributed by atoms with Crippen molar-refractivity contribution < 1.29 is 4.39 Å². The van der Waals surface area contributed by atoms with E-state index in [4.69, 9.17) is 11.6 Å². The SMILES string of the molecule is Fc1cc(Cl)ccc1CNC(C1CC1)C1CC1. The monoisotopic (exact) mass is 253 g/mol. The summed E-state index contributed by atoms with van der Waals surface area (Å²) in [6.07, 6.45) is 5.38. The summed E-state index contributed by atoms with van der Waals surface area (Å²) in [5, 5.41) is 4.00. The molecule has 0 amide bonds. The van der Waals surface area contributed by atoms with E-state index in [0.29, 0.717) is 17.6 Å². The summed E-state index contributed by atoms with van der Waals surface area (Å²) in [6.45, 7) is 0.626. The molecule has 1 nitrogen and oxygen atoms in total. The minimum Gasteiger partial charge on any atom is -0.309 e. The van der Waals surface area contributed by atoms with Gasteiger partial charge in [-0.3, -0.25) is 0 Å². The van der Waals surface area contributed by atoms with E-state index in [-0.39, 0.29) is 5.82 Å². The Balaban J connectivity index is 1.62. The first-order chi connectivity index (χ1) is 8.24. The Morgan fingerprint density at radius 1 is 1.24 bits per heavy atom. The molecule has 1 aromatic rings. The van der Waals surface area contributed by atoms with Crippen molar-refractivity contribution in [2.45, 2.75) is 38.3 Å². The van der Waals surface area contributed by atoms with Crippen molar-refractivity contribution in [3.63, 3.8) is 0 Å². The highest BCUT2D eigenvalue weighted by molar-refractivity contribution is 6.30. The minimum atomic E-state index is -0.199. The van der Waals surface area contributed by atoms with Crippen LogP contribution in [0.3, 0.4) is 0 Å². The first kappa shape index (κ1) is 11.5. The molecule has 3 heteroatoms. The van der Waals surface area contributed by atoms with Crippen LogP contribution < -0.4 is 5.32 Å². The van der Waals surface area contributed by atoms with Gasteiger partial charge < -0.3 is 5.32 Å². The van der Waals surface area contributed by atoms with Gasteiger partial charge in [-0.05, 0) is 49.7 Å². The Kier molecular flexibility index (Phi) is 3.10. The predicted octanol–water partition coefficient (Wildman–Crippen LogP) is 3.76. The first-order valence-corrected chi connectivity index (χ1v) is 6.79. The molecule has 2 aliphatic rings. The average molecular weight is 254 g/mol. The van der Waals surface area contributed by atoms with Crippen molar-refractivity contribution in [3.05, 3.63) is 34.6 Å². The van der Waals surface area contributed by atoms with Crippen molar-refractivity contribution in [2.75, 3.05) is 0 Å². The summed E-state index contributed by atoms with van der Waals surface area (Å²) in [7, 11) is 0. The predicted molar refractivity (Wildman–Crippen MR) is 67.5 cm³/mol. The second-order valence-corrected chi connectivity index (χ2v) is 5.75. The van der Waals surface area contributed by atoms with Crippen LogP contribution in [0.15, 0.2) is 18.2 Å². The largest absolute Gasteiger partial charge is 0.309 e. The van der Waals surface area contributed by atoms with Gasteiger partial charge in [0, 0.05) is 23.2 Å². The molecule has 2 aliphatic carbocycles. The highest BCUT2D eigenvalue weighted by atomic mass is 35.5. The highest BCUT2D eigenvalue weighted by Crippen LogP contribution is 2.44. The summed E-state index contributed by atoms with van der Waals surface area (Å²) in [4.78, 5) is 0. The van der Waals surface area contributed by atoms with Crippen LogP contribution in [0.5, 0.6) is 0 Å². The lowest BCUT2D eigenvalue weighted by atomic mass is 10.1. The summed E-state index contributed by atoms with van der Waals surface area (Å²) in [5.41, 5.74) is 0.723. The van der Waals surface area contributed by atoms with E-state index < -0.39 is 0 Å². The van der Waals surface area contributed by atoms with Gasteiger partial charge >= 0.3 is 0 Å². The highest BCUT2D eigenvalue weighted by Gasteiger charge is 2.40. The zero-order chi connectivity index (χ0) is 11.8. The number of hydrogen-bond donors (Lipinski definition) is 1. The van der Waals surface area contributed by atoms with E-state index >= 15 is 0 Å². The van der Waals surface area contributed by atoms with Gasteiger partial charge in [0.25, 0.3) is 0 Å². The van der Waals surface area contributed by atoms with Crippen molar-refractivity contribution in [3.8, 4) is 0 Å². The van der Waals surface area contributed by atoms with Crippen LogP contribution in [0, 0.1) is 17.7 Å². The van der Waals surface area contributed by atoms with E-state index in [2.05, 4.69) is 5.32 Å². The smallest absolute Gasteiger partial charge is 0.129 e. The van der Waals surface area contributed by atoms with Gasteiger partial charge in [-0.15, -0.1) is 0 Å².